The van der Waals surface area contributed by atoms with Crippen LogP contribution in [0.15, 0.2) is 23.2 Å². The highest BCUT2D eigenvalue weighted by molar-refractivity contribution is 5.85. The van der Waals surface area contributed by atoms with Gasteiger partial charge in [0.1, 0.15) is 11.6 Å². The average Bonchev–Trinajstić information content (AvgIpc) is 2.72. The van der Waals surface area contributed by atoms with Crippen LogP contribution in [0.2, 0.25) is 0 Å². The van der Waals surface area contributed by atoms with Gasteiger partial charge in [-0.25, -0.2) is 0 Å². The Kier molecular flexibility index (Phi) is 3.45. The third-order valence-corrected chi connectivity index (χ3v) is 2.65. The fourth-order valence-corrected chi connectivity index (χ4v) is 1.81. The lowest BCUT2D eigenvalue weighted by molar-refractivity contribution is -0.274. The van der Waals surface area contributed by atoms with Crippen LogP contribution in [0.25, 0.3) is 0 Å². The number of ether oxygens (including phenoxy) is 1. The van der Waals surface area contributed by atoms with E-state index in [-0.39, 0.29) is 5.75 Å². The van der Waals surface area contributed by atoms with Crippen LogP contribution in [0.5, 0.6) is 5.75 Å². The Balaban J connectivity index is 2.09. The van der Waals surface area contributed by atoms with Crippen molar-refractivity contribution in [1.82, 2.24) is 5.32 Å². The second kappa shape index (κ2) is 4.88. The maximum atomic E-state index is 12.0. The van der Waals surface area contributed by atoms with E-state index >= 15 is 0 Å². The van der Waals surface area contributed by atoms with E-state index in [2.05, 4.69) is 15.0 Å². The van der Waals surface area contributed by atoms with E-state index in [1.165, 1.54) is 12.1 Å². The van der Waals surface area contributed by atoms with Crippen LogP contribution < -0.4 is 10.1 Å². The van der Waals surface area contributed by atoms with Gasteiger partial charge in [-0.15, -0.1) is 13.2 Å². The number of rotatable bonds is 3. The Morgan fingerprint density at radius 3 is 2.72 bits per heavy atom. The minimum atomic E-state index is -4.65. The number of aliphatic imine (C=N–C) groups is 1. The topological polar surface area (TPSA) is 33.6 Å². The monoisotopic (exact) mass is 258 g/mol. The smallest absolute Gasteiger partial charge is 0.406 e. The molecule has 0 aromatic heterocycles. The summed E-state index contributed by atoms with van der Waals surface area (Å²) in [6.07, 6.45) is -4.04. The van der Waals surface area contributed by atoms with Gasteiger partial charge in [0.25, 0.3) is 0 Å². The van der Waals surface area contributed by atoms with Crippen molar-refractivity contribution >= 4 is 5.84 Å². The number of amidine groups is 1. The number of nitrogens with one attached hydrogen (secondary N) is 1. The Morgan fingerprint density at radius 1 is 1.39 bits per heavy atom. The fraction of sp³-hybridized carbons (Fsp3) is 0.417. The molecule has 0 atom stereocenters. The minimum Gasteiger partial charge on any atom is -0.406 e. The lowest BCUT2D eigenvalue weighted by Gasteiger charge is -2.12. The van der Waals surface area contributed by atoms with Crippen LogP contribution in [0.3, 0.4) is 0 Å². The largest absolute Gasteiger partial charge is 0.573 e. The van der Waals surface area contributed by atoms with Crippen LogP contribution in [0.1, 0.15) is 11.1 Å². The van der Waals surface area contributed by atoms with Crippen molar-refractivity contribution in [3.63, 3.8) is 0 Å². The van der Waals surface area contributed by atoms with Gasteiger partial charge in [-0.1, -0.05) is 6.07 Å². The molecule has 1 aliphatic heterocycles. The number of nitrogens with zero attached hydrogens (tertiary/aromatic N) is 1. The quantitative estimate of drug-likeness (QED) is 0.903. The molecule has 0 fully saturated rings. The first-order valence-electron chi connectivity index (χ1n) is 5.56. The van der Waals surface area contributed by atoms with Crippen LogP contribution in [-0.2, 0) is 6.42 Å². The normalized spacial score (nSPS) is 15.2. The lowest BCUT2D eigenvalue weighted by Crippen LogP contribution is -2.21. The third-order valence-electron chi connectivity index (χ3n) is 2.65. The molecule has 1 N–H and O–H groups in total. The molecule has 0 amide bonds. The lowest BCUT2D eigenvalue weighted by atomic mass is 10.1. The Morgan fingerprint density at radius 2 is 2.17 bits per heavy atom. The highest BCUT2D eigenvalue weighted by Crippen LogP contribution is 2.25. The molecule has 1 aromatic carbocycles. The highest BCUT2D eigenvalue weighted by Gasteiger charge is 2.31. The maximum absolute atomic E-state index is 12.0. The van der Waals surface area contributed by atoms with Gasteiger partial charge in [-0.05, 0) is 30.2 Å². The standard InChI is InChI=1S/C12H13F3N2O/c1-8-6-10(18-12(13,14)15)3-2-9(8)7-11-16-4-5-17-11/h2-3,6H,4-5,7H2,1H3,(H,16,17). The Hall–Kier alpha value is -1.72. The molecular weight excluding hydrogens is 245 g/mol. The average molecular weight is 258 g/mol. The van der Waals surface area contributed by atoms with Gasteiger partial charge < -0.3 is 10.1 Å². The zero-order chi connectivity index (χ0) is 13.2. The first-order valence-corrected chi connectivity index (χ1v) is 5.56. The molecular formula is C12H13F3N2O. The molecule has 1 aromatic rings. The molecule has 98 valence electrons. The summed E-state index contributed by atoms with van der Waals surface area (Å²) in [6, 6.07) is 4.35. The zero-order valence-electron chi connectivity index (χ0n) is 9.84. The highest BCUT2D eigenvalue weighted by atomic mass is 19.4. The van der Waals surface area contributed by atoms with Crippen LogP contribution in [0, 0.1) is 6.92 Å². The van der Waals surface area contributed by atoms with Gasteiger partial charge in [0.2, 0.25) is 0 Å². The zero-order valence-corrected chi connectivity index (χ0v) is 9.84. The van der Waals surface area contributed by atoms with Crippen molar-refractivity contribution in [2.45, 2.75) is 19.7 Å². The summed E-state index contributed by atoms with van der Waals surface area (Å²) in [4.78, 5) is 4.25. The van der Waals surface area contributed by atoms with Crippen molar-refractivity contribution in [3.8, 4) is 5.75 Å². The molecule has 0 saturated carbocycles. The summed E-state index contributed by atoms with van der Waals surface area (Å²) in [6.45, 7) is 3.33. The van der Waals surface area contributed by atoms with Crippen molar-refractivity contribution in [2.75, 3.05) is 13.1 Å². The number of hydrogen-bond donors (Lipinski definition) is 1. The van der Waals surface area contributed by atoms with E-state index in [0.29, 0.717) is 6.42 Å². The van der Waals surface area contributed by atoms with Crippen molar-refractivity contribution in [1.29, 1.82) is 0 Å². The molecule has 3 nitrogen and oxygen atoms in total. The van der Waals surface area contributed by atoms with Crippen molar-refractivity contribution in [3.05, 3.63) is 29.3 Å². The van der Waals surface area contributed by atoms with E-state index < -0.39 is 6.36 Å². The summed E-state index contributed by atoms with van der Waals surface area (Å²) >= 11 is 0. The Labute approximate surface area is 103 Å². The van der Waals surface area contributed by atoms with Gasteiger partial charge in [-0.2, -0.15) is 0 Å². The van der Waals surface area contributed by atoms with Gasteiger partial charge in [0.05, 0.1) is 6.54 Å². The van der Waals surface area contributed by atoms with E-state index in [4.69, 9.17) is 0 Å². The summed E-state index contributed by atoms with van der Waals surface area (Å²) in [5.74, 6) is 0.688. The van der Waals surface area contributed by atoms with Gasteiger partial charge >= 0.3 is 6.36 Å². The molecule has 0 bridgehead atoms. The SMILES string of the molecule is Cc1cc(OC(F)(F)F)ccc1CC1=NCCN1. The maximum Gasteiger partial charge on any atom is 0.573 e. The number of hydrogen-bond acceptors (Lipinski definition) is 3. The predicted octanol–water partition coefficient (Wildman–Crippen LogP) is 2.44. The number of alkyl halides is 3. The number of benzene rings is 1. The third kappa shape index (κ3) is 3.38. The van der Waals surface area contributed by atoms with E-state index in [1.807, 2.05) is 0 Å². The van der Waals surface area contributed by atoms with E-state index in [9.17, 15) is 13.2 Å². The number of aryl methyl sites for hydroxylation is 1. The molecule has 1 aliphatic rings. The summed E-state index contributed by atoms with van der Waals surface area (Å²) in [5, 5.41) is 3.12. The van der Waals surface area contributed by atoms with E-state index in [1.54, 1.807) is 13.0 Å². The molecule has 0 unspecified atom stereocenters. The molecule has 18 heavy (non-hydrogen) atoms. The van der Waals surface area contributed by atoms with Crippen molar-refractivity contribution in [2.24, 2.45) is 4.99 Å². The van der Waals surface area contributed by atoms with E-state index in [0.717, 1.165) is 30.1 Å². The summed E-state index contributed by atoms with van der Waals surface area (Å²) in [7, 11) is 0. The molecule has 6 heteroatoms. The van der Waals surface area contributed by atoms with Gasteiger partial charge in [0.15, 0.2) is 0 Å². The fourth-order valence-electron chi connectivity index (χ4n) is 1.81. The predicted molar refractivity (Wildman–Crippen MR) is 61.9 cm³/mol. The summed E-state index contributed by atoms with van der Waals surface area (Å²) in [5.41, 5.74) is 1.70. The second-order valence-electron chi connectivity index (χ2n) is 4.07. The first-order chi connectivity index (χ1) is 8.44. The number of halogens is 3. The minimum absolute atomic E-state index is 0.190. The summed E-state index contributed by atoms with van der Waals surface area (Å²) < 4.78 is 40.0. The second-order valence-corrected chi connectivity index (χ2v) is 4.07. The van der Waals surface area contributed by atoms with Crippen LogP contribution in [0.4, 0.5) is 13.2 Å². The van der Waals surface area contributed by atoms with Gasteiger partial charge in [-0.3, -0.25) is 4.99 Å². The Bertz CT molecular complexity index is 469. The molecule has 2 rings (SSSR count). The molecule has 1 heterocycles. The van der Waals surface area contributed by atoms with Crippen molar-refractivity contribution < 1.29 is 17.9 Å². The molecule has 0 saturated heterocycles. The first kappa shape index (κ1) is 12.7. The molecule has 0 spiro atoms. The van der Waals surface area contributed by atoms with Gasteiger partial charge in [0, 0.05) is 13.0 Å². The molecule has 0 aliphatic carbocycles. The van der Waals surface area contributed by atoms with Crippen LogP contribution in [-0.4, -0.2) is 25.3 Å². The van der Waals surface area contributed by atoms with Crippen LogP contribution >= 0.6 is 0 Å². The molecule has 0 radical (unpaired) electrons.